The van der Waals surface area contributed by atoms with Crippen LogP contribution >= 0.6 is 0 Å². The van der Waals surface area contributed by atoms with Gasteiger partial charge in [0.05, 0.1) is 0 Å². The van der Waals surface area contributed by atoms with E-state index in [0.29, 0.717) is 16.9 Å². The number of rotatable bonds is 5. The van der Waals surface area contributed by atoms with Crippen molar-refractivity contribution in [2.24, 2.45) is 0 Å². The van der Waals surface area contributed by atoms with Crippen LogP contribution in [0.2, 0.25) is 0 Å². The first-order valence-corrected chi connectivity index (χ1v) is 6.17. The Hall–Kier alpha value is -2.62. The Morgan fingerprint density at radius 2 is 1.65 bits per heavy atom. The summed E-state index contributed by atoms with van der Waals surface area (Å²) in [5.74, 6) is -0.814. The molecule has 0 spiro atoms. The molecule has 0 unspecified atom stereocenters. The van der Waals surface area contributed by atoms with Crippen molar-refractivity contribution in [1.82, 2.24) is 0 Å². The van der Waals surface area contributed by atoms with Crippen molar-refractivity contribution in [1.29, 1.82) is 0 Å². The highest BCUT2D eigenvalue weighted by Crippen LogP contribution is 2.18. The quantitative estimate of drug-likeness (QED) is 0.848. The van der Waals surface area contributed by atoms with Gasteiger partial charge < -0.3 is 9.84 Å². The van der Waals surface area contributed by atoms with Gasteiger partial charge in [0.1, 0.15) is 5.75 Å². The Bertz CT molecular complexity index is 619. The molecule has 20 heavy (non-hydrogen) atoms. The van der Waals surface area contributed by atoms with Crippen LogP contribution in [0.15, 0.2) is 54.6 Å². The molecular weight excluding hydrogens is 256 g/mol. The van der Waals surface area contributed by atoms with Gasteiger partial charge in [-0.15, -0.1) is 0 Å². The number of aliphatic carboxylic acids is 1. The summed E-state index contributed by atoms with van der Waals surface area (Å²) in [5.41, 5.74) is 1.04. The summed E-state index contributed by atoms with van der Waals surface area (Å²) in [5, 5.41) is 8.81. The van der Waals surface area contributed by atoms with E-state index in [1.54, 1.807) is 48.5 Å². The van der Waals surface area contributed by atoms with Gasteiger partial charge in [-0.1, -0.05) is 42.5 Å². The van der Waals surface area contributed by atoms with Gasteiger partial charge in [0, 0.05) is 11.1 Å². The maximum Gasteiger partial charge on any atom is 0.344 e. The Balaban J connectivity index is 2.22. The number of benzene rings is 2. The van der Waals surface area contributed by atoms with E-state index >= 15 is 0 Å². The van der Waals surface area contributed by atoms with E-state index in [1.807, 2.05) is 6.07 Å². The predicted octanol–water partition coefficient (Wildman–Crippen LogP) is 2.77. The van der Waals surface area contributed by atoms with E-state index < -0.39 is 12.1 Å². The molecule has 1 atom stereocenters. The van der Waals surface area contributed by atoms with E-state index in [2.05, 4.69) is 0 Å². The van der Waals surface area contributed by atoms with E-state index in [4.69, 9.17) is 9.84 Å². The zero-order valence-corrected chi connectivity index (χ0v) is 10.9. The molecule has 2 rings (SSSR count). The molecule has 4 nitrogen and oxygen atoms in total. The number of carboxylic acids is 1. The van der Waals surface area contributed by atoms with Gasteiger partial charge >= 0.3 is 5.97 Å². The molecule has 0 heterocycles. The van der Waals surface area contributed by atoms with Gasteiger partial charge in [-0.3, -0.25) is 4.79 Å². The molecule has 0 amide bonds. The molecule has 0 aliphatic carbocycles. The van der Waals surface area contributed by atoms with E-state index in [1.165, 1.54) is 6.92 Å². The number of hydrogen-bond donors (Lipinski definition) is 1. The maximum absolute atomic E-state index is 12.2. The largest absolute Gasteiger partial charge is 0.479 e. The zero-order valence-electron chi connectivity index (χ0n) is 10.9. The minimum Gasteiger partial charge on any atom is -0.479 e. The summed E-state index contributed by atoms with van der Waals surface area (Å²) in [6.45, 7) is 1.44. The average Bonchev–Trinajstić information content (AvgIpc) is 2.47. The standard InChI is InChI=1S/C16H14O4/c1-11(16(18)19)20-14-9-5-8-13(10-14)15(17)12-6-3-2-4-7-12/h2-11H,1H3,(H,18,19)/t11-/m1/s1. The Labute approximate surface area is 116 Å². The van der Waals surface area contributed by atoms with Gasteiger partial charge in [-0.05, 0) is 19.1 Å². The second kappa shape index (κ2) is 6.02. The second-order valence-corrected chi connectivity index (χ2v) is 4.32. The van der Waals surface area contributed by atoms with Crippen molar-refractivity contribution in [3.8, 4) is 5.75 Å². The molecule has 1 N–H and O–H groups in total. The van der Waals surface area contributed by atoms with Crippen molar-refractivity contribution in [2.45, 2.75) is 13.0 Å². The Morgan fingerprint density at radius 3 is 2.30 bits per heavy atom. The first-order chi connectivity index (χ1) is 9.58. The molecular formula is C16H14O4. The monoisotopic (exact) mass is 270 g/mol. The van der Waals surface area contributed by atoms with Gasteiger partial charge in [0.15, 0.2) is 11.9 Å². The van der Waals surface area contributed by atoms with Crippen LogP contribution in [0.4, 0.5) is 0 Å². The summed E-state index contributed by atoms with van der Waals surface area (Å²) in [7, 11) is 0. The van der Waals surface area contributed by atoms with E-state index in [-0.39, 0.29) is 5.78 Å². The van der Waals surface area contributed by atoms with Crippen LogP contribution in [0.3, 0.4) is 0 Å². The van der Waals surface area contributed by atoms with Gasteiger partial charge in [-0.2, -0.15) is 0 Å². The number of ether oxygens (including phenoxy) is 1. The van der Waals surface area contributed by atoms with Crippen molar-refractivity contribution < 1.29 is 19.4 Å². The van der Waals surface area contributed by atoms with E-state index in [0.717, 1.165) is 0 Å². The SMILES string of the molecule is C[C@@H](Oc1cccc(C(=O)c2ccccc2)c1)C(=O)O. The fourth-order valence-corrected chi connectivity index (χ4v) is 1.72. The lowest BCUT2D eigenvalue weighted by atomic mass is 10.0. The van der Waals surface area contributed by atoms with Crippen molar-refractivity contribution in [2.75, 3.05) is 0 Å². The fourth-order valence-electron chi connectivity index (χ4n) is 1.72. The number of carbonyl (C=O) groups excluding carboxylic acids is 1. The van der Waals surface area contributed by atoms with Crippen LogP contribution in [-0.2, 0) is 4.79 Å². The molecule has 4 heteroatoms. The van der Waals surface area contributed by atoms with Crippen LogP contribution in [0, 0.1) is 0 Å². The number of carbonyl (C=O) groups is 2. The first-order valence-electron chi connectivity index (χ1n) is 6.17. The highest BCUT2D eigenvalue weighted by atomic mass is 16.5. The summed E-state index contributed by atoms with van der Waals surface area (Å²) in [6.07, 6.45) is -0.961. The van der Waals surface area contributed by atoms with Crippen LogP contribution in [0.5, 0.6) is 5.75 Å². The summed E-state index contributed by atoms with van der Waals surface area (Å²) in [6, 6.07) is 15.4. The molecule has 0 bridgehead atoms. The summed E-state index contributed by atoms with van der Waals surface area (Å²) < 4.78 is 5.25. The normalized spacial score (nSPS) is 11.7. The summed E-state index contributed by atoms with van der Waals surface area (Å²) in [4.78, 5) is 23.0. The van der Waals surface area contributed by atoms with Crippen molar-refractivity contribution in [3.63, 3.8) is 0 Å². The molecule has 0 aliphatic rings. The molecule has 102 valence electrons. The topological polar surface area (TPSA) is 63.6 Å². The fraction of sp³-hybridized carbons (Fsp3) is 0.125. The highest BCUT2D eigenvalue weighted by molar-refractivity contribution is 6.09. The van der Waals surface area contributed by atoms with E-state index in [9.17, 15) is 9.59 Å². The van der Waals surface area contributed by atoms with Gasteiger partial charge in [0.2, 0.25) is 0 Å². The van der Waals surface area contributed by atoms with Crippen LogP contribution < -0.4 is 4.74 Å². The zero-order chi connectivity index (χ0) is 14.5. The van der Waals surface area contributed by atoms with Crippen molar-refractivity contribution >= 4 is 11.8 Å². The number of hydrogen-bond acceptors (Lipinski definition) is 3. The minimum absolute atomic E-state index is 0.126. The van der Waals surface area contributed by atoms with Crippen molar-refractivity contribution in [3.05, 3.63) is 65.7 Å². The third-order valence-corrected chi connectivity index (χ3v) is 2.79. The average molecular weight is 270 g/mol. The lowest BCUT2D eigenvalue weighted by Crippen LogP contribution is -2.22. The molecule has 0 saturated carbocycles. The lowest BCUT2D eigenvalue weighted by Gasteiger charge is -2.11. The molecule has 2 aromatic rings. The third-order valence-electron chi connectivity index (χ3n) is 2.79. The highest BCUT2D eigenvalue weighted by Gasteiger charge is 2.14. The first kappa shape index (κ1) is 13.8. The molecule has 0 aliphatic heterocycles. The molecule has 0 aromatic heterocycles. The van der Waals surface area contributed by atoms with Crippen LogP contribution in [0.25, 0.3) is 0 Å². The molecule has 0 fully saturated rings. The van der Waals surface area contributed by atoms with Crippen LogP contribution in [0.1, 0.15) is 22.8 Å². The molecule has 2 aromatic carbocycles. The second-order valence-electron chi connectivity index (χ2n) is 4.32. The Morgan fingerprint density at radius 1 is 1.00 bits per heavy atom. The minimum atomic E-state index is -1.05. The molecule has 0 saturated heterocycles. The van der Waals surface area contributed by atoms with Gasteiger partial charge in [-0.25, -0.2) is 4.79 Å². The molecule has 0 radical (unpaired) electrons. The number of ketones is 1. The Kier molecular flexibility index (Phi) is 4.15. The number of carboxylic acid groups (broad SMARTS) is 1. The lowest BCUT2D eigenvalue weighted by molar-refractivity contribution is -0.144. The third kappa shape index (κ3) is 3.23. The predicted molar refractivity (Wildman–Crippen MR) is 74.0 cm³/mol. The maximum atomic E-state index is 12.2. The summed E-state index contributed by atoms with van der Waals surface area (Å²) >= 11 is 0. The van der Waals surface area contributed by atoms with Crippen LogP contribution in [-0.4, -0.2) is 23.0 Å². The smallest absolute Gasteiger partial charge is 0.344 e. The van der Waals surface area contributed by atoms with Gasteiger partial charge in [0.25, 0.3) is 0 Å².